The molecular weight excluding hydrogens is 357 g/mol. The van der Waals surface area contributed by atoms with E-state index in [4.69, 9.17) is 4.74 Å². The number of nitriles is 1. The van der Waals surface area contributed by atoms with Gasteiger partial charge in [0.25, 0.3) is 0 Å². The van der Waals surface area contributed by atoms with Crippen LogP contribution in [0.5, 0.6) is 0 Å². The second kappa shape index (κ2) is 8.03. The van der Waals surface area contributed by atoms with Crippen molar-refractivity contribution in [2.45, 2.75) is 0 Å². The molecule has 0 spiro atoms. The zero-order valence-electron chi connectivity index (χ0n) is 15.1. The van der Waals surface area contributed by atoms with E-state index in [0.717, 1.165) is 5.69 Å². The molecule has 1 aromatic heterocycles. The van der Waals surface area contributed by atoms with Crippen LogP contribution in [-0.2, 0) is 4.74 Å². The maximum absolute atomic E-state index is 13.6. The van der Waals surface area contributed by atoms with Gasteiger partial charge in [-0.1, -0.05) is 30.3 Å². The Kier molecular flexibility index (Phi) is 5.13. The molecule has 1 saturated heterocycles. The van der Waals surface area contributed by atoms with E-state index in [9.17, 15) is 9.65 Å². The molecule has 0 N–H and O–H groups in total. The smallest absolute Gasteiger partial charge is 0.232 e. The minimum atomic E-state index is -0.357. The topological polar surface area (TPSA) is 67.0 Å². The van der Waals surface area contributed by atoms with E-state index in [1.165, 1.54) is 12.1 Å². The molecule has 2 heterocycles. The second-order valence-electron chi connectivity index (χ2n) is 6.32. The van der Waals surface area contributed by atoms with Crippen molar-refractivity contribution in [3.8, 4) is 11.8 Å². The molecule has 1 aliphatic heterocycles. The number of rotatable bonds is 4. The highest BCUT2D eigenvalue weighted by Crippen LogP contribution is 2.26. The largest absolute Gasteiger partial charge is 0.378 e. The minimum Gasteiger partial charge on any atom is -0.378 e. The predicted octanol–water partition coefficient (Wildman–Crippen LogP) is 3.31. The van der Waals surface area contributed by atoms with Gasteiger partial charge in [0.1, 0.15) is 11.9 Å². The first-order valence-electron chi connectivity index (χ1n) is 8.97. The van der Waals surface area contributed by atoms with Crippen molar-refractivity contribution in [1.82, 2.24) is 14.8 Å². The summed E-state index contributed by atoms with van der Waals surface area (Å²) in [6.07, 6.45) is 1.62. The quantitative estimate of drug-likeness (QED) is 0.655. The van der Waals surface area contributed by atoms with E-state index in [-0.39, 0.29) is 5.82 Å². The van der Waals surface area contributed by atoms with Gasteiger partial charge in [-0.2, -0.15) is 5.26 Å². The number of anilines is 1. The van der Waals surface area contributed by atoms with Crippen molar-refractivity contribution in [1.29, 1.82) is 5.26 Å². The summed E-state index contributed by atoms with van der Waals surface area (Å²) in [6, 6.07) is 17.9. The van der Waals surface area contributed by atoms with Crippen LogP contribution in [0.3, 0.4) is 0 Å². The molecule has 7 heteroatoms. The monoisotopic (exact) mass is 375 g/mol. The number of benzene rings is 2. The molecule has 28 heavy (non-hydrogen) atoms. The molecule has 4 rings (SSSR count). The van der Waals surface area contributed by atoms with Crippen molar-refractivity contribution in [3.05, 3.63) is 71.8 Å². The third-order valence-corrected chi connectivity index (χ3v) is 4.48. The molecule has 1 fully saturated rings. The summed E-state index contributed by atoms with van der Waals surface area (Å²) in [7, 11) is 0. The van der Waals surface area contributed by atoms with Gasteiger partial charge in [-0.05, 0) is 35.9 Å². The Bertz CT molecular complexity index is 1030. The SMILES string of the molecule is N#C/C(=C\c1cccc(F)c1)c1nnc(N2CCOCC2)n1-c1ccccc1. The van der Waals surface area contributed by atoms with E-state index in [2.05, 4.69) is 21.2 Å². The Morgan fingerprint density at radius 1 is 1.07 bits per heavy atom. The van der Waals surface area contributed by atoms with Crippen molar-refractivity contribution in [3.63, 3.8) is 0 Å². The van der Waals surface area contributed by atoms with Crippen molar-refractivity contribution < 1.29 is 9.13 Å². The lowest BCUT2D eigenvalue weighted by molar-refractivity contribution is 0.122. The van der Waals surface area contributed by atoms with E-state index in [0.29, 0.717) is 49.2 Å². The average Bonchev–Trinajstić information content (AvgIpc) is 3.18. The van der Waals surface area contributed by atoms with Gasteiger partial charge in [0.05, 0.1) is 24.5 Å². The van der Waals surface area contributed by atoms with Crippen molar-refractivity contribution in [2.75, 3.05) is 31.2 Å². The Morgan fingerprint density at radius 3 is 2.57 bits per heavy atom. The second-order valence-corrected chi connectivity index (χ2v) is 6.32. The van der Waals surface area contributed by atoms with Crippen LogP contribution < -0.4 is 4.90 Å². The van der Waals surface area contributed by atoms with E-state index in [1.807, 2.05) is 34.9 Å². The highest BCUT2D eigenvalue weighted by molar-refractivity contribution is 5.88. The van der Waals surface area contributed by atoms with Crippen LogP contribution in [0.1, 0.15) is 11.4 Å². The van der Waals surface area contributed by atoms with Crippen LogP contribution in [0.15, 0.2) is 54.6 Å². The summed E-state index contributed by atoms with van der Waals surface area (Å²) in [5.74, 6) is 0.717. The number of morpholine rings is 1. The number of para-hydroxylation sites is 1. The molecule has 0 radical (unpaired) electrons. The lowest BCUT2D eigenvalue weighted by Crippen LogP contribution is -2.38. The fraction of sp³-hybridized carbons (Fsp3) is 0.190. The van der Waals surface area contributed by atoms with Crippen LogP contribution in [-0.4, -0.2) is 41.1 Å². The van der Waals surface area contributed by atoms with E-state index >= 15 is 0 Å². The lowest BCUT2D eigenvalue weighted by Gasteiger charge is -2.28. The average molecular weight is 375 g/mol. The number of ether oxygens (including phenoxy) is 1. The highest BCUT2D eigenvalue weighted by atomic mass is 19.1. The summed E-state index contributed by atoms with van der Waals surface area (Å²) in [5.41, 5.74) is 1.75. The van der Waals surface area contributed by atoms with Gasteiger partial charge in [0, 0.05) is 13.1 Å². The van der Waals surface area contributed by atoms with Gasteiger partial charge in [-0.25, -0.2) is 4.39 Å². The number of allylic oxidation sites excluding steroid dienone is 1. The van der Waals surface area contributed by atoms with Gasteiger partial charge in [0.15, 0.2) is 5.82 Å². The molecule has 1 aliphatic rings. The van der Waals surface area contributed by atoms with Crippen molar-refractivity contribution >= 4 is 17.6 Å². The molecule has 0 saturated carbocycles. The fourth-order valence-electron chi connectivity index (χ4n) is 3.14. The van der Waals surface area contributed by atoms with Crippen LogP contribution in [0.25, 0.3) is 17.3 Å². The van der Waals surface area contributed by atoms with Gasteiger partial charge < -0.3 is 9.64 Å². The van der Waals surface area contributed by atoms with Gasteiger partial charge >= 0.3 is 0 Å². The van der Waals surface area contributed by atoms with Crippen LogP contribution in [0, 0.1) is 17.1 Å². The van der Waals surface area contributed by atoms with Gasteiger partial charge in [0.2, 0.25) is 5.95 Å². The Hall–Kier alpha value is -3.50. The zero-order valence-corrected chi connectivity index (χ0v) is 15.1. The summed E-state index contributed by atoms with van der Waals surface area (Å²) >= 11 is 0. The minimum absolute atomic E-state index is 0.307. The van der Waals surface area contributed by atoms with E-state index < -0.39 is 0 Å². The predicted molar refractivity (Wildman–Crippen MR) is 104 cm³/mol. The maximum Gasteiger partial charge on any atom is 0.232 e. The van der Waals surface area contributed by atoms with E-state index in [1.54, 1.807) is 18.2 Å². The summed E-state index contributed by atoms with van der Waals surface area (Å²) in [4.78, 5) is 2.09. The molecule has 0 unspecified atom stereocenters. The lowest BCUT2D eigenvalue weighted by atomic mass is 10.1. The normalized spacial score (nSPS) is 14.7. The van der Waals surface area contributed by atoms with Gasteiger partial charge in [-0.15, -0.1) is 10.2 Å². The Morgan fingerprint density at radius 2 is 1.86 bits per heavy atom. The third kappa shape index (κ3) is 3.63. The van der Waals surface area contributed by atoms with Crippen LogP contribution >= 0.6 is 0 Å². The standard InChI is InChI=1S/C21H18FN5O/c22-18-6-4-5-16(14-18)13-17(15-23)20-24-25-21(26-9-11-28-12-10-26)27(20)19-7-2-1-3-8-19/h1-8,13-14H,9-12H2/b17-13+. The van der Waals surface area contributed by atoms with Gasteiger partial charge in [-0.3, -0.25) is 4.57 Å². The van der Waals surface area contributed by atoms with Crippen LogP contribution in [0.4, 0.5) is 10.3 Å². The summed E-state index contributed by atoms with van der Waals surface area (Å²) < 4.78 is 20.8. The van der Waals surface area contributed by atoms with Crippen LogP contribution in [0.2, 0.25) is 0 Å². The third-order valence-electron chi connectivity index (χ3n) is 4.48. The first-order valence-corrected chi connectivity index (χ1v) is 8.97. The molecule has 0 amide bonds. The number of aromatic nitrogens is 3. The molecule has 0 aliphatic carbocycles. The number of halogens is 1. The fourth-order valence-corrected chi connectivity index (χ4v) is 3.14. The molecule has 2 aromatic carbocycles. The molecule has 0 atom stereocenters. The Labute approximate surface area is 162 Å². The zero-order chi connectivity index (χ0) is 19.3. The summed E-state index contributed by atoms with van der Waals surface area (Å²) in [6.45, 7) is 2.61. The first kappa shape index (κ1) is 17.9. The summed E-state index contributed by atoms with van der Waals surface area (Å²) in [5, 5.41) is 18.4. The van der Waals surface area contributed by atoms with Crippen molar-refractivity contribution in [2.24, 2.45) is 0 Å². The number of hydrogen-bond acceptors (Lipinski definition) is 5. The highest BCUT2D eigenvalue weighted by Gasteiger charge is 2.23. The Balaban J connectivity index is 1.84. The number of nitrogens with zero attached hydrogens (tertiary/aromatic N) is 5. The molecule has 6 nitrogen and oxygen atoms in total. The number of hydrogen-bond donors (Lipinski definition) is 0. The molecule has 0 bridgehead atoms. The molecule has 3 aromatic rings. The maximum atomic E-state index is 13.6. The first-order chi connectivity index (χ1) is 13.8. The molecule has 140 valence electrons. The molecular formula is C21H18FN5O.